The van der Waals surface area contributed by atoms with Crippen molar-refractivity contribution in [2.75, 3.05) is 28.4 Å². The van der Waals surface area contributed by atoms with Crippen LogP contribution in [-0.2, 0) is 13.3 Å². The van der Waals surface area contributed by atoms with Gasteiger partial charge in [0.25, 0.3) is 0 Å². The maximum Gasteiger partial charge on any atom is 0.483 e. The molecule has 0 heterocycles. The Balaban J connectivity index is 0.000000224. The number of hydrogen-bond donors (Lipinski definition) is 0. The Bertz CT molecular complexity index is 475. The zero-order valence-electron chi connectivity index (χ0n) is 11.8. The minimum absolute atomic E-state index is 0.938. The van der Waals surface area contributed by atoms with Crippen LogP contribution in [0.25, 0.3) is 10.8 Å². The van der Waals surface area contributed by atoms with Gasteiger partial charge in [0.1, 0.15) is 5.75 Å². The number of benzene rings is 2. The second kappa shape index (κ2) is 8.66. The van der Waals surface area contributed by atoms with Gasteiger partial charge in [0.05, 0.1) is 7.11 Å². The molecular weight excluding hydrogens is 260 g/mol. The van der Waals surface area contributed by atoms with Crippen LogP contribution in [0, 0.1) is 0 Å². The molecule has 0 aromatic heterocycles. The van der Waals surface area contributed by atoms with Crippen molar-refractivity contribution in [1.29, 1.82) is 0 Å². The van der Waals surface area contributed by atoms with E-state index >= 15 is 0 Å². The van der Waals surface area contributed by atoms with E-state index in [0.29, 0.717) is 0 Å². The van der Waals surface area contributed by atoms with Crippen LogP contribution in [-0.4, -0.2) is 38.0 Å². The maximum atomic E-state index is 5.23. The number of hydrogen-bond acceptors (Lipinski definition) is 4. The van der Waals surface area contributed by atoms with Crippen molar-refractivity contribution in [2.24, 2.45) is 0 Å². The first-order valence-electron chi connectivity index (χ1n) is 5.87. The molecule has 0 spiro atoms. The molecule has 0 radical (unpaired) electrons. The lowest BCUT2D eigenvalue weighted by Crippen LogP contribution is -2.21. The summed E-state index contributed by atoms with van der Waals surface area (Å²) in [5, 5.41) is 2.39. The summed E-state index contributed by atoms with van der Waals surface area (Å²) in [7, 11) is 4.74. The third-order valence-electron chi connectivity index (χ3n) is 2.55. The summed E-state index contributed by atoms with van der Waals surface area (Å²) in [4.78, 5) is 0. The molecule has 0 unspecified atom stereocenters. The van der Waals surface area contributed by atoms with Crippen molar-refractivity contribution >= 4 is 20.3 Å². The van der Waals surface area contributed by atoms with Crippen molar-refractivity contribution < 1.29 is 18.0 Å². The van der Waals surface area contributed by atoms with Gasteiger partial charge in [-0.05, 0) is 11.5 Å². The summed E-state index contributed by atoms with van der Waals surface area (Å²) >= 11 is 0. The van der Waals surface area contributed by atoms with Gasteiger partial charge in [-0.2, -0.15) is 0 Å². The zero-order chi connectivity index (χ0) is 14.1. The van der Waals surface area contributed by atoms with Gasteiger partial charge in [-0.3, -0.25) is 0 Å². The molecule has 5 heteroatoms. The van der Waals surface area contributed by atoms with Gasteiger partial charge in [-0.25, -0.2) is 0 Å². The molecule has 0 atom stereocenters. The summed E-state index contributed by atoms with van der Waals surface area (Å²) in [6, 6.07) is 14.2. The smallest absolute Gasteiger partial charge is 0.483 e. The van der Waals surface area contributed by atoms with E-state index in [1.165, 1.54) is 10.8 Å². The van der Waals surface area contributed by atoms with Crippen molar-refractivity contribution in [3.05, 3.63) is 42.5 Å². The number of rotatable bonds is 4. The van der Waals surface area contributed by atoms with Gasteiger partial charge >= 0.3 is 9.53 Å². The van der Waals surface area contributed by atoms with E-state index in [0.717, 1.165) is 5.75 Å². The standard InChI is InChI=1S/C11H10O.C3H10O3Si/c1-12-11-8-4-6-9-5-2-3-7-10(9)11;1-4-7(5-2)6-3/h2-8H,1H3;7H,1-3H3. The largest absolute Gasteiger partial charge is 0.496 e. The fourth-order valence-electron chi connectivity index (χ4n) is 1.66. The molecule has 2 rings (SSSR count). The molecule has 2 aromatic carbocycles. The number of fused-ring (bicyclic) bond motifs is 1. The third kappa shape index (κ3) is 4.64. The molecule has 0 N–H and O–H groups in total. The molecule has 104 valence electrons. The van der Waals surface area contributed by atoms with Crippen LogP contribution < -0.4 is 4.74 Å². The zero-order valence-corrected chi connectivity index (χ0v) is 12.9. The molecule has 0 saturated carbocycles. The molecule has 0 bridgehead atoms. The highest BCUT2D eigenvalue weighted by atomic mass is 28.3. The Morgan fingerprint density at radius 2 is 1.32 bits per heavy atom. The lowest BCUT2D eigenvalue weighted by atomic mass is 10.1. The topological polar surface area (TPSA) is 36.9 Å². The van der Waals surface area contributed by atoms with E-state index in [4.69, 9.17) is 18.0 Å². The van der Waals surface area contributed by atoms with Crippen LogP contribution in [0.1, 0.15) is 0 Å². The van der Waals surface area contributed by atoms with Gasteiger partial charge in [0, 0.05) is 26.7 Å². The van der Waals surface area contributed by atoms with Crippen LogP contribution in [0.2, 0.25) is 0 Å². The Morgan fingerprint density at radius 1 is 0.737 bits per heavy atom. The second-order valence-corrected chi connectivity index (χ2v) is 5.67. The van der Waals surface area contributed by atoms with E-state index in [-0.39, 0.29) is 0 Å². The van der Waals surface area contributed by atoms with Crippen molar-refractivity contribution in [1.82, 2.24) is 0 Å². The van der Waals surface area contributed by atoms with Gasteiger partial charge in [-0.1, -0.05) is 36.4 Å². The first-order valence-corrected chi connectivity index (χ1v) is 7.28. The van der Waals surface area contributed by atoms with Gasteiger partial charge in [-0.15, -0.1) is 0 Å². The Kier molecular flexibility index (Phi) is 7.13. The Hall–Kier alpha value is -1.40. The molecule has 2 aromatic rings. The predicted molar refractivity (Wildman–Crippen MR) is 78.7 cm³/mol. The molecule has 0 saturated heterocycles. The molecule has 19 heavy (non-hydrogen) atoms. The second-order valence-electron chi connectivity index (χ2n) is 3.68. The predicted octanol–water partition coefficient (Wildman–Crippen LogP) is 2.49. The summed E-state index contributed by atoms with van der Waals surface area (Å²) in [5.41, 5.74) is 0. The fraction of sp³-hybridized carbons (Fsp3) is 0.286. The van der Waals surface area contributed by atoms with Gasteiger partial charge < -0.3 is 18.0 Å². The Morgan fingerprint density at radius 3 is 1.84 bits per heavy atom. The van der Waals surface area contributed by atoms with Crippen LogP contribution in [0.15, 0.2) is 42.5 Å². The highest BCUT2D eigenvalue weighted by Crippen LogP contribution is 2.24. The van der Waals surface area contributed by atoms with Gasteiger partial charge in [0.2, 0.25) is 0 Å². The van der Waals surface area contributed by atoms with Gasteiger partial charge in [0.15, 0.2) is 0 Å². The first-order chi connectivity index (χ1) is 9.26. The first kappa shape index (κ1) is 15.7. The molecule has 0 aliphatic rings. The average molecular weight is 280 g/mol. The highest BCUT2D eigenvalue weighted by molar-refractivity contribution is 6.36. The van der Waals surface area contributed by atoms with Crippen LogP contribution in [0.5, 0.6) is 5.75 Å². The molecule has 4 nitrogen and oxygen atoms in total. The van der Waals surface area contributed by atoms with Crippen molar-refractivity contribution in [2.45, 2.75) is 0 Å². The molecule has 0 amide bonds. The van der Waals surface area contributed by atoms with Crippen molar-refractivity contribution in [3.8, 4) is 5.75 Å². The normalized spacial score (nSPS) is 10.2. The van der Waals surface area contributed by atoms with Crippen LogP contribution >= 0.6 is 0 Å². The van der Waals surface area contributed by atoms with E-state index in [1.54, 1.807) is 28.4 Å². The Labute approximate surface area is 115 Å². The minimum Gasteiger partial charge on any atom is -0.496 e. The fourth-order valence-corrected chi connectivity index (χ4v) is 2.24. The van der Waals surface area contributed by atoms with E-state index in [2.05, 4.69) is 18.2 Å². The van der Waals surface area contributed by atoms with Crippen molar-refractivity contribution in [3.63, 3.8) is 0 Å². The van der Waals surface area contributed by atoms with E-state index in [9.17, 15) is 0 Å². The molecular formula is C14H20O4Si. The van der Waals surface area contributed by atoms with Crippen LogP contribution in [0.3, 0.4) is 0 Å². The summed E-state index contributed by atoms with van der Waals surface area (Å²) in [6.45, 7) is 0. The average Bonchev–Trinajstić information content (AvgIpc) is 2.49. The molecule has 0 fully saturated rings. The van der Waals surface area contributed by atoms with Crippen LogP contribution in [0.4, 0.5) is 0 Å². The third-order valence-corrected chi connectivity index (χ3v) is 3.70. The maximum absolute atomic E-state index is 5.23. The minimum atomic E-state index is -1.67. The SMILES string of the molecule is CO[SiH](OC)OC.COc1cccc2ccccc12. The molecule has 0 aliphatic carbocycles. The lowest BCUT2D eigenvalue weighted by Gasteiger charge is -2.05. The summed E-state index contributed by atoms with van der Waals surface area (Å²) < 4.78 is 19.5. The van der Waals surface area contributed by atoms with E-state index < -0.39 is 9.53 Å². The molecule has 0 aliphatic heterocycles. The monoisotopic (exact) mass is 280 g/mol. The van der Waals surface area contributed by atoms with E-state index in [1.807, 2.05) is 24.3 Å². The lowest BCUT2D eigenvalue weighted by molar-refractivity contribution is 0.163. The summed E-state index contributed by atoms with van der Waals surface area (Å²) in [6.07, 6.45) is 0. The number of methoxy groups -OCH3 is 1. The summed E-state index contributed by atoms with van der Waals surface area (Å²) in [5.74, 6) is 0.938. The quantitative estimate of drug-likeness (QED) is 0.806. The number of ether oxygens (including phenoxy) is 1. The highest BCUT2D eigenvalue weighted by Gasteiger charge is 2.04.